The molecule has 8 nitrogen and oxygen atoms in total. The third-order valence-corrected chi connectivity index (χ3v) is 7.23. The van der Waals surface area contributed by atoms with Crippen LogP contribution >= 0.6 is 11.8 Å². The van der Waals surface area contributed by atoms with Crippen molar-refractivity contribution in [2.75, 3.05) is 24.3 Å². The normalized spacial score (nSPS) is 14.5. The average Bonchev–Trinajstić information content (AvgIpc) is 3.62. The summed E-state index contributed by atoms with van der Waals surface area (Å²) >= 11 is 1.53. The number of amides is 2. The van der Waals surface area contributed by atoms with Gasteiger partial charge in [0, 0.05) is 30.1 Å². The van der Waals surface area contributed by atoms with Gasteiger partial charge in [0.15, 0.2) is 11.0 Å². The van der Waals surface area contributed by atoms with Crippen molar-refractivity contribution in [3.05, 3.63) is 89.7 Å². The number of carbonyl (C=O) groups excluding carboxylic acids is 1. The lowest BCUT2D eigenvalue weighted by molar-refractivity contribution is -0.137. The number of carbonyl (C=O) groups is 1. The minimum Gasteiger partial charge on any atom is -0.497 e. The summed E-state index contributed by atoms with van der Waals surface area (Å²) in [7, 11) is 1.63. The molecule has 206 valence electrons. The van der Waals surface area contributed by atoms with Crippen molar-refractivity contribution in [1.82, 2.24) is 20.1 Å². The first kappa shape index (κ1) is 27.3. The maximum atomic E-state index is 12.8. The molecule has 1 N–H and O–H groups in total. The number of nitrogens with zero attached hydrogens (tertiary/aromatic N) is 5. The number of ether oxygens (including phenoxy) is 1. The van der Waals surface area contributed by atoms with Crippen molar-refractivity contribution >= 4 is 28.6 Å². The summed E-state index contributed by atoms with van der Waals surface area (Å²) in [5, 5.41) is 7.85. The summed E-state index contributed by atoms with van der Waals surface area (Å²) in [6, 6.07) is 17.4. The third-order valence-electron chi connectivity index (χ3n) is 6.28. The summed E-state index contributed by atoms with van der Waals surface area (Å²) in [6.45, 7) is 3.04. The number of rotatable bonds is 6. The Morgan fingerprint density at radius 2 is 1.85 bits per heavy atom. The zero-order valence-electron chi connectivity index (χ0n) is 21.6. The van der Waals surface area contributed by atoms with Crippen LogP contribution in [0, 0.1) is 6.92 Å². The lowest BCUT2D eigenvalue weighted by Crippen LogP contribution is -2.28. The smallest absolute Gasteiger partial charge is 0.416 e. The molecule has 0 spiro atoms. The number of aliphatic imine (C=N–C) groups is 1. The Labute approximate surface area is 232 Å². The summed E-state index contributed by atoms with van der Waals surface area (Å²) in [5.74, 6) is 2.04. The van der Waals surface area contributed by atoms with E-state index in [2.05, 4.69) is 20.4 Å². The number of aryl methyl sites for hydroxylation is 1. The van der Waals surface area contributed by atoms with Gasteiger partial charge in [0.25, 0.3) is 0 Å². The molecule has 1 fully saturated rings. The van der Waals surface area contributed by atoms with Crippen LogP contribution in [-0.4, -0.2) is 45.4 Å². The number of halogens is 3. The number of methoxy groups -OCH3 is 1. The topological polar surface area (TPSA) is 84.6 Å². The second-order valence-corrected chi connectivity index (χ2v) is 10.0. The molecule has 5 rings (SSSR count). The Hall–Kier alpha value is -4.32. The van der Waals surface area contributed by atoms with Gasteiger partial charge in [-0.1, -0.05) is 36.0 Å². The Morgan fingerprint density at radius 3 is 2.52 bits per heavy atom. The number of urea groups is 1. The number of nitrogens with one attached hydrogen (secondary N) is 1. The average molecular weight is 567 g/mol. The fourth-order valence-corrected chi connectivity index (χ4v) is 5.12. The fraction of sp³-hybridized carbons (Fsp3) is 0.214. The number of alkyl halides is 3. The van der Waals surface area contributed by atoms with Crippen molar-refractivity contribution in [3.63, 3.8) is 0 Å². The van der Waals surface area contributed by atoms with E-state index in [1.807, 2.05) is 54.3 Å². The Morgan fingerprint density at radius 1 is 1.10 bits per heavy atom. The number of amidine groups is 1. The molecule has 2 heterocycles. The molecule has 0 unspecified atom stereocenters. The van der Waals surface area contributed by atoms with Gasteiger partial charge in [0.1, 0.15) is 12.1 Å². The van der Waals surface area contributed by atoms with E-state index >= 15 is 0 Å². The summed E-state index contributed by atoms with van der Waals surface area (Å²) < 4.78 is 45.1. The zero-order valence-corrected chi connectivity index (χ0v) is 22.5. The number of hydrogen-bond donors (Lipinski definition) is 1. The van der Waals surface area contributed by atoms with Crippen LogP contribution in [0.4, 0.5) is 23.7 Å². The second kappa shape index (κ2) is 11.4. The summed E-state index contributed by atoms with van der Waals surface area (Å²) in [6.07, 6.45) is -2.95. The Kier molecular flexibility index (Phi) is 7.78. The maximum Gasteiger partial charge on any atom is 0.416 e. The summed E-state index contributed by atoms with van der Waals surface area (Å²) in [5.41, 5.74) is 3.36. The van der Waals surface area contributed by atoms with Gasteiger partial charge in [-0.05, 0) is 60.5 Å². The van der Waals surface area contributed by atoms with Crippen LogP contribution in [-0.2, 0) is 12.7 Å². The fourth-order valence-electron chi connectivity index (χ4n) is 4.17. The predicted octanol–water partition coefficient (Wildman–Crippen LogP) is 6.09. The molecule has 40 heavy (non-hydrogen) atoms. The van der Waals surface area contributed by atoms with Crippen LogP contribution in [0.2, 0.25) is 0 Å². The van der Waals surface area contributed by atoms with E-state index in [1.54, 1.807) is 7.11 Å². The quantitative estimate of drug-likeness (QED) is 0.304. The lowest BCUT2D eigenvalue weighted by Gasteiger charge is -2.20. The predicted molar refractivity (Wildman–Crippen MR) is 149 cm³/mol. The van der Waals surface area contributed by atoms with Crippen molar-refractivity contribution in [1.29, 1.82) is 0 Å². The number of benzene rings is 3. The number of anilines is 1. The highest BCUT2D eigenvalue weighted by Gasteiger charge is 2.30. The molecule has 2 amide bonds. The lowest BCUT2D eigenvalue weighted by atomic mass is 10.1. The van der Waals surface area contributed by atoms with Gasteiger partial charge < -0.3 is 15.0 Å². The second-order valence-electron chi connectivity index (χ2n) is 8.96. The molecular formula is C28H25F3N6O2S. The van der Waals surface area contributed by atoms with Gasteiger partial charge in [-0.2, -0.15) is 18.2 Å². The van der Waals surface area contributed by atoms with E-state index < -0.39 is 17.8 Å². The van der Waals surface area contributed by atoms with Crippen LogP contribution in [0.25, 0.3) is 17.1 Å². The van der Waals surface area contributed by atoms with E-state index in [4.69, 9.17) is 4.74 Å². The molecule has 0 bridgehead atoms. The molecule has 0 radical (unpaired) electrons. The van der Waals surface area contributed by atoms with Crippen molar-refractivity contribution in [2.45, 2.75) is 19.6 Å². The third kappa shape index (κ3) is 6.12. The molecule has 12 heteroatoms. The van der Waals surface area contributed by atoms with Crippen molar-refractivity contribution in [2.24, 2.45) is 4.99 Å². The molecule has 1 aromatic heterocycles. The first-order valence-electron chi connectivity index (χ1n) is 12.3. The van der Waals surface area contributed by atoms with E-state index in [0.29, 0.717) is 16.7 Å². The highest BCUT2D eigenvalue weighted by atomic mass is 32.2. The van der Waals surface area contributed by atoms with Gasteiger partial charge in [-0.15, -0.1) is 5.10 Å². The van der Waals surface area contributed by atoms with Gasteiger partial charge in [0.2, 0.25) is 0 Å². The van der Waals surface area contributed by atoms with E-state index in [9.17, 15) is 18.0 Å². The first-order valence-corrected chi connectivity index (χ1v) is 13.3. The van der Waals surface area contributed by atoms with E-state index in [-0.39, 0.29) is 6.54 Å². The van der Waals surface area contributed by atoms with E-state index in [0.717, 1.165) is 52.6 Å². The number of thioether (sulfide) groups is 1. The van der Waals surface area contributed by atoms with Crippen LogP contribution < -0.4 is 15.0 Å². The molecule has 1 aliphatic rings. The molecule has 4 aromatic rings. The first-order chi connectivity index (χ1) is 19.2. The molecule has 0 atom stereocenters. The number of aromatic nitrogens is 3. The van der Waals surface area contributed by atoms with Crippen LogP contribution in [0.3, 0.4) is 0 Å². The SMILES string of the molecule is COc1ccc(N2CCS/C2=N\C(=O)NCc2ccc(-c3ncn(-c4ccc(C(F)(F)F)cc4)n3)cc2)c(C)c1. The molecule has 3 aromatic carbocycles. The Bertz CT molecular complexity index is 1540. The van der Waals surface area contributed by atoms with Gasteiger partial charge >= 0.3 is 12.2 Å². The maximum absolute atomic E-state index is 12.8. The molecule has 0 aliphatic carbocycles. The Balaban J connectivity index is 1.20. The van der Waals surface area contributed by atoms with Crippen molar-refractivity contribution < 1.29 is 22.7 Å². The highest BCUT2D eigenvalue weighted by molar-refractivity contribution is 8.14. The van der Waals surface area contributed by atoms with Crippen molar-refractivity contribution in [3.8, 4) is 22.8 Å². The van der Waals surface area contributed by atoms with Gasteiger partial charge in [0.05, 0.1) is 18.4 Å². The van der Waals surface area contributed by atoms with E-state index in [1.165, 1.54) is 34.9 Å². The van der Waals surface area contributed by atoms with Crippen LogP contribution in [0.15, 0.2) is 78.0 Å². The highest BCUT2D eigenvalue weighted by Crippen LogP contribution is 2.31. The molecule has 1 aliphatic heterocycles. The monoisotopic (exact) mass is 566 g/mol. The van der Waals surface area contributed by atoms with Crippen LogP contribution in [0.1, 0.15) is 16.7 Å². The minimum atomic E-state index is -4.40. The molecule has 0 saturated carbocycles. The van der Waals surface area contributed by atoms with Gasteiger partial charge in [-0.3, -0.25) is 0 Å². The zero-order chi connectivity index (χ0) is 28.3. The standard InChI is InChI=1S/C28H25F3N6O2S/c1-18-15-23(39-2)11-12-24(18)36-13-14-40-27(36)34-26(38)32-16-19-3-5-20(6-4-19)25-33-17-37(35-25)22-9-7-21(8-10-22)28(29,30)31/h3-12,15,17H,13-14,16H2,1-2H3,(H,32,38)/b34-27-. The number of hydrogen-bond acceptors (Lipinski definition) is 5. The molecular weight excluding hydrogens is 541 g/mol. The largest absolute Gasteiger partial charge is 0.497 e. The summed E-state index contributed by atoms with van der Waals surface area (Å²) in [4.78, 5) is 23.2. The van der Waals surface area contributed by atoms with Gasteiger partial charge in [-0.25, -0.2) is 14.5 Å². The van der Waals surface area contributed by atoms with Crippen LogP contribution in [0.5, 0.6) is 5.75 Å². The minimum absolute atomic E-state index is 0.287. The molecule has 1 saturated heterocycles.